The largest absolute Gasteiger partial charge is 0.465 e. The van der Waals surface area contributed by atoms with Gasteiger partial charge in [-0.1, -0.05) is 13.0 Å². The van der Waals surface area contributed by atoms with E-state index >= 15 is 0 Å². The number of hydrogen-bond donors (Lipinski definition) is 2. The Hall–Kier alpha value is -3.60. The Bertz CT molecular complexity index is 1260. The van der Waals surface area contributed by atoms with Crippen molar-refractivity contribution in [2.45, 2.75) is 38.6 Å². The van der Waals surface area contributed by atoms with Crippen LogP contribution < -0.4 is 20.1 Å². The van der Waals surface area contributed by atoms with E-state index < -0.39 is 35.9 Å². The normalized spacial score (nSPS) is 22.6. The first kappa shape index (κ1) is 23.2. The molecular weight excluding hydrogens is 474 g/mol. The van der Waals surface area contributed by atoms with Gasteiger partial charge in [-0.2, -0.15) is 0 Å². The number of thiophene rings is 1. The van der Waals surface area contributed by atoms with Crippen molar-refractivity contribution in [3.8, 4) is 11.5 Å². The lowest BCUT2D eigenvalue weighted by atomic mass is 9.88. The molecular formula is C24H25N3O7S. The van der Waals surface area contributed by atoms with Gasteiger partial charge in [0.2, 0.25) is 12.7 Å². The summed E-state index contributed by atoms with van der Waals surface area (Å²) in [6.45, 7) is 3.31. The van der Waals surface area contributed by atoms with E-state index in [9.17, 15) is 19.2 Å². The van der Waals surface area contributed by atoms with Gasteiger partial charge in [0, 0.05) is 4.88 Å². The van der Waals surface area contributed by atoms with Crippen molar-refractivity contribution in [1.29, 1.82) is 0 Å². The summed E-state index contributed by atoms with van der Waals surface area (Å²) in [7, 11) is 1.30. The number of esters is 1. The fraction of sp³-hybridized carbons (Fsp3) is 0.417. The molecule has 0 bridgehead atoms. The summed E-state index contributed by atoms with van der Waals surface area (Å²) in [6, 6.07) is 4.31. The standard InChI is InChI=1S/C24H25N3O7S/c1-12-4-6-14-17(8-12)35-20(19(14)21(29)32-3)25-18(28)10-27-22(30)24(2,26-23(27)31)13-5-7-15-16(9-13)34-11-33-15/h5,7,9,12H,4,6,8,10-11H2,1-3H3,(H,25,28)(H,26,31). The lowest BCUT2D eigenvalue weighted by Crippen LogP contribution is -2.42. The van der Waals surface area contributed by atoms with Crippen molar-refractivity contribution >= 4 is 40.2 Å². The molecule has 1 aliphatic carbocycles. The van der Waals surface area contributed by atoms with Crippen molar-refractivity contribution in [2.75, 3.05) is 25.8 Å². The van der Waals surface area contributed by atoms with Gasteiger partial charge in [0.05, 0.1) is 12.7 Å². The second-order valence-corrected chi connectivity index (χ2v) is 10.2. The minimum atomic E-state index is -1.37. The molecule has 2 atom stereocenters. The van der Waals surface area contributed by atoms with Crippen LogP contribution >= 0.6 is 11.3 Å². The molecule has 184 valence electrons. The van der Waals surface area contributed by atoms with Crippen LogP contribution in [0, 0.1) is 5.92 Å². The van der Waals surface area contributed by atoms with Crippen molar-refractivity contribution in [3.63, 3.8) is 0 Å². The molecule has 35 heavy (non-hydrogen) atoms. The quantitative estimate of drug-likeness (QED) is 0.479. The number of urea groups is 1. The first-order chi connectivity index (χ1) is 16.7. The molecule has 4 amide bonds. The number of nitrogens with zero attached hydrogens (tertiary/aromatic N) is 1. The fourth-order valence-corrected chi connectivity index (χ4v) is 6.13. The van der Waals surface area contributed by atoms with Gasteiger partial charge in [-0.05, 0) is 55.4 Å². The van der Waals surface area contributed by atoms with E-state index in [4.69, 9.17) is 14.2 Å². The predicted octanol–water partition coefficient (Wildman–Crippen LogP) is 2.79. The number of benzene rings is 1. The van der Waals surface area contributed by atoms with Gasteiger partial charge in [-0.3, -0.25) is 14.5 Å². The smallest absolute Gasteiger partial charge is 0.341 e. The molecule has 5 rings (SSSR count). The Morgan fingerprint density at radius 1 is 1.29 bits per heavy atom. The van der Waals surface area contributed by atoms with Gasteiger partial charge >= 0.3 is 12.0 Å². The van der Waals surface area contributed by atoms with E-state index in [-0.39, 0.29) is 6.79 Å². The summed E-state index contributed by atoms with van der Waals surface area (Å²) >= 11 is 1.34. The first-order valence-corrected chi connectivity index (χ1v) is 12.1. The molecule has 2 N–H and O–H groups in total. The minimum absolute atomic E-state index is 0.0841. The molecule has 1 aromatic heterocycles. The number of anilines is 1. The molecule has 1 fully saturated rings. The maximum absolute atomic E-state index is 13.3. The van der Waals surface area contributed by atoms with Crippen molar-refractivity contribution in [2.24, 2.45) is 5.92 Å². The zero-order valence-electron chi connectivity index (χ0n) is 19.6. The molecule has 3 aliphatic rings. The highest BCUT2D eigenvalue weighted by molar-refractivity contribution is 7.17. The molecule has 2 aromatic rings. The average Bonchev–Trinajstić information content (AvgIpc) is 3.49. The lowest BCUT2D eigenvalue weighted by molar-refractivity contribution is -0.133. The Morgan fingerprint density at radius 3 is 2.83 bits per heavy atom. The van der Waals surface area contributed by atoms with Crippen LogP contribution in [0.2, 0.25) is 0 Å². The summed E-state index contributed by atoms with van der Waals surface area (Å²) in [6.07, 6.45) is 2.50. The van der Waals surface area contributed by atoms with Crippen molar-refractivity contribution in [3.05, 3.63) is 39.8 Å². The van der Waals surface area contributed by atoms with Crippen LogP contribution in [0.25, 0.3) is 0 Å². The van der Waals surface area contributed by atoms with E-state index in [1.165, 1.54) is 18.4 Å². The third-order valence-electron chi connectivity index (χ3n) is 6.68. The molecule has 10 nitrogen and oxygen atoms in total. The number of nitrogens with one attached hydrogen (secondary N) is 2. The van der Waals surface area contributed by atoms with Crippen molar-refractivity contribution < 1.29 is 33.4 Å². The number of methoxy groups -OCH3 is 1. The number of rotatable bonds is 5. The Kier molecular flexibility index (Phi) is 5.66. The van der Waals surface area contributed by atoms with Crippen molar-refractivity contribution in [1.82, 2.24) is 10.2 Å². The van der Waals surface area contributed by atoms with E-state index in [1.807, 2.05) is 0 Å². The summed E-state index contributed by atoms with van der Waals surface area (Å²) in [5.74, 6) is -0.148. The van der Waals surface area contributed by atoms with E-state index in [0.29, 0.717) is 33.5 Å². The number of imide groups is 1. The summed E-state index contributed by atoms with van der Waals surface area (Å²) in [5.41, 5.74) is 0.403. The van der Waals surface area contributed by atoms with Gasteiger partial charge in [-0.25, -0.2) is 9.59 Å². The first-order valence-electron chi connectivity index (χ1n) is 11.3. The second-order valence-electron chi connectivity index (χ2n) is 9.11. The number of hydrogen-bond acceptors (Lipinski definition) is 8. The van der Waals surface area contributed by atoms with Crippen LogP contribution in [-0.2, 0) is 32.7 Å². The lowest BCUT2D eigenvalue weighted by Gasteiger charge is -2.22. The van der Waals surface area contributed by atoms with Crippen LogP contribution in [0.3, 0.4) is 0 Å². The highest BCUT2D eigenvalue weighted by atomic mass is 32.1. The number of ether oxygens (including phenoxy) is 3. The second kappa shape index (κ2) is 8.56. The molecule has 1 aromatic carbocycles. The molecule has 2 aliphatic heterocycles. The predicted molar refractivity (Wildman–Crippen MR) is 126 cm³/mol. The number of carbonyl (C=O) groups is 4. The van der Waals surface area contributed by atoms with E-state index in [2.05, 4.69) is 17.6 Å². The van der Waals surface area contributed by atoms with Crippen LogP contribution in [0.15, 0.2) is 18.2 Å². The van der Waals surface area contributed by atoms with Crippen LogP contribution in [-0.4, -0.2) is 49.2 Å². The summed E-state index contributed by atoms with van der Waals surface area (Å²) in [5, 5.41) is 5.80. The van der Waals surface area contributed by atoms with Crippen LogP contribution in [0.5, 0.6) is 11.5 Å². The van der Waals surface area contributed by atoms with E-state index in [0.717, 1.165) is 34.6 Å². The average molecular weight is 500 g/mol. The van der Waals surface area contributed by atoms with E-state index in [1.54, 1.807) is 25.1 Å². The van der Waals surface area contributed by atoms with Gasteiger partial charge in [0.1, 0.15) is 17.1 Å². The monoisotopic (exact) mass is 499 g/mol. The Balaban J connectivity index is 1.35. The maximum Gasteiger partial charge on any atom is 0.341 e. The summed E-state index contributed by atoms with van der Waals surface area (Å²) in [4.78, 5) is 53.3. The van der Waals surface area contributed by atoms with Gasteiger partial charge in [-0.15, -0.1) is 11.3 Å². The fourth-order valence-electron chi connectivity index (χ4n) is 4.71. The third-order valence-corrected chi connectivity index (χ3v) is 7.85. The highest BCUT2D eigenvalue weighted by Gasteiger charge is 2.50. The third kappa shape index (κ3) is 3.89. The van der Waals surface area contributed by atoms with Crippen LogP contribution in [0.4, 0.5) is 9.80 Å². The Morgan fingerprint density at radius 2 is 2.06 bits per heavy atom. The molecule has 11 heteroatoms. The van der Waals surface area contributed by atoms with Crippen LogP contribution in [0.1, 0.15) is 46.6 Å². The molecule has 0 spiro atoms. The minimum Gasteiger partial charge on any atom is -0.465 e. The molecule has 3 heterocycles. The molecule has 1 saturated heterocycles. The topological polar surface area (TPSA) is 123 Å². The summed E-state index contributed by atoms with van der Waals surface area (Å²) < 4.78 is 15.6. The molecule has 0 saturated carbocycles. The zero-order chi connectivity index (χ0) is 24.9. The van der Waals surface area contributed by atoms with Gasteiger partial charge in [0.25, 0.3) is 5.91 Å². The number of carbonyl (C=O) groups excluding carboxylic acids is 4. The van der Waals surface area contributed by atoms with Gasteiger partial charge < -0.3 is 24.8 Å². The zero-order valence-corrected chi connectivity index (χ0v) is 20.4. The molecule has 0 radical (unpaired) electrons. The highest BCUT2D eigenvalue weighted by Crippen LogP contribution is 2.40. The van der Waals surface area contributed by atoms with Gasteiger partial charge in [0.15, 0.2) is 11.5 Å². The Labute approximate surface area is 205 Å². The number of fused-ring (bicyclic) bond motifs is 2. The maximum atomic E-state index is 13.3. The molecule has 2 unspecified atom stereocenters. The SMILES string of the molecule is COC(=O)c1c(NC(=O)CN2C(=O)NC(C)(c3ccc4c(c3)OCO4)C2=O)sc2c1CCC(C)C2. The number of amides is 4.